The average molecular weight is 276 g/mol. The minimum Gasteiger partial charge on any atom is -0.402 e. The molecule has 1 heterocycles. The lowest BCUT2D eigenvalue weighted by atomic mass is 9.99. The highest BCUT2D eigenvalue weighted by atomic mass is 14.7. The van der Waals surface area contributed by atoms with Crippen molar-refractivity contribution in [3.63, 3.8) is 0 Å². The molecule has 0 aliphatic rings. The fourth-order valence-electron chi connectivity index (χ4n) is 2.17. The van der Waals surface area contributed by atoms with Crippen molar-refractivity contribution in [3.05, 3.63) is 84.2 Å². The van der Waals surface area contributed by atoms with Crippen LogP contribution in [0.2, 0.25) is 0 Å². The highest BCUT2D eigenvalue weighted by molar-refractivity contribution is 5.66. The largest absolute Gasteiger partial charge is 0.402 e. The molecule has 2 aromatic rings. The number of aryl methyl sites for hydroxylation is 1. The monoisotopic (exact) mass is 276 g/mol. The van der Waals surface area contributed by atoms with Gasteiger partial charge in [0.1, 0.15) is 0 Å². The molecule has 2 heteroatoms. The van der Waals surface area contributed by atoms with Gasteiger partial charge in [0.2, 0.25) is 0 Å². The molecule has 0 saturated heterocycles. The second kappa shape index (κ2) is 6.71. The minimum absolute atomic E-state index is 0.643. The van der Waals surface area contributed by atoms with Gasteiger partial charge < -0.3 is 5.73 Å². The van der Waals surface area contributed by atoms with Crippen LogP contribution in [0, 0.1) is 6.92 Å². The molecule has 0 unspecified atom stereocenters. The van der Waals surface area contributed by atoms with Gasteiger partial charge in [0, 0.05) is 23.9 Å². The summed E-state index contributed by atoms with van der Waals surface area (Å²) in [7, 11) is 0. The van der Waals surface area contributed by atoms with Gasteiger partial charge in [-0.1, -0.05) is 43.5 Å². The summed E-state index contributed by atoms with van der Waals surface area (Å²) in [5, 5.41) is 0. The smallest absolute Gasteiger partial charge is 0.0702 e. The molecule has 0 bridgehead atoms. The quantitative estimate of drug-likeness (QED) is 0.817. The van der Waals surface area contributed by atoms with Gasteiger partial charge in [-0.05, 0) is 41.8 Å². The van der Waals surface area contributed by atoms with Gasteiger partial charge in [-0.25, -0.2) is 0 Å². The van der Waals surface area contributed by atoms with Gasteiger partial charge in [-0.2, -0.15) is 0 Å². The summed E-state index contributed by atoms with van der Waals surface area (Å²) in [6, 6.07) is 12.3. The lowest BCUT2D eigenvalue weighted by molar-refractivity contribution is 1.14. The van der Waals surface area contributed by atoms with Crippen molar-refractivity contribution in [3.8, 4) is 11.3 Å². The van der Waals surface area contributed by atoms with Crippen LogP contribution in [0.5, 0.6) is 0 Å². The van der Waals surface area contributed by atoms with Gasteiger partial charge in [0.05, 0.1) is 5.69 Å². The molecule has 0 fully saturated rings. The Morgan fingerprint density at radius 2 is 2.10 bits per heavy atom. The lowest BCUT2D eigenvalue weighted by Crippen LogP contribution is -1.95. The van der Waals surface area contributed by atoms with Gasteiger partial charge >= 0.3 is 0 Å². The molecule has 1 aromatic carbocycles. The van der Waals surface area contributed by atoms with E-state index >= 15 is 0 Å². The summed E-state index contributed by atoms with van der Waals surface area (Å²) in [5.74, 6) is 0. The van der Waals surface area contributed by atoms with Crippen LogP contribution in [0.3, 0.4) is 0 Å². The molecule has 1 aromatic heterocycles. The molecule has 0 atom stereocenters. The van der Waals surface area contributed by atoms with Crippen molar-refractivity contribution < 1.29 is 0 Å². The van der Waals surface area contributed by atoms with Crippen LogP contribution in [0.25, 0.3) is 17.3 Å². The first-order chi connectivity index (χ1) is 10.1. The number of nitrogens with zero attached hydrogens (tertiary/aromatic N) is 1. The van der Waals surface area contributed by atoms with Crippen LogP contribution in [0.1, 0.15) is 17.5 Å². The van der Waals surface area contributed by atoms with E-state index in [2.05, 4.69) is 49.3 Å². The SMILES string of the molecule is C=C/C(=C/c1ccc(-c2ccccn2)cc1C)CC(=C)N. The Morgan fingerprint density at radius 3 is 2.67 bits per heavy atom. The van der Waals surface area contributed by atoms with E-state index in [4.69, 9.17) is 5.73 Å². The minimum atomic E-state index is 0.643. The van der Waals surface area contributed by atoms with Crippen molar-refractivity contribution in [2.45, 2.75) is 13.3 Å². The fraction of sp³-hybridized carbons (Fsp3) is 0.105. The summed E-state index contributed by atoms with van der Waals surface area (Å²) in [6.45, 7) is 9.67. The lowest BCUT2D eigenvalue weighted by Gasteiger charge is -2.07. The maximum absolute atomic E-state index is 5.67. The Balaban J connectivity index is 2.33. The van der Waals surface area contributed by atoms with Gasteiger partial charge in [-0.15, -0.1) is 0 Å². The van der Waals surface area contributed by atoms with E-state index < -0.39 is 0 Å². The first kappa shape index (κ1) is 14.8. The number of benzene rings is 1. The molecule has 21 heavy (non-hydrogen) atoms. The van der Waals surface area contributed by atoms with E-state index in [-0.39, 0.29) is 0 Å². The summed E-state index contributed by atoms with van der Waals surface area (Å²) in [4.78, 5) is 4.38. The first-order valence-corrected chi connectivity index (χ1v) is 6.88. The van der Waals surface area contributed by atoms with Crippen LogP contribution in [0.4, 0.5) is 0 Å². The molecule has 2 nitrogen and oxygen atoms in total. The zero-order chi connectivity index (χ0) is 15.2. The van der Waals surface area contributed by atoms with Crippen LogP contribution in [0.15, 0.2) is 73.1 Å². The molecule has 0 aliphatic heterocycles. The van der Waals surface area contributed by atoms with Crippen molar-refractivity contribution >= 4 is 6.08 Å². The number of hydrogen-bond acceptors (Lipinski definition) is 2. The van der Waals surface area contributed by atoms with E-state index in [1.54, 1.807) is 6.20 Å². The van der Waals surface area contributed by atoms with E-state index in [1.807, 2.05) is 24.3 Å². The number of allylic oxidation sites excluding steroid dienone is 2. The van der Waals surface area contributed by atoms with Crippen molar-refractivity contribution in [2.75, 3.05) is 0 Å². The molecule has 2 rings (SSSR count). The zero-order valence-electron chi connectivity index (χ0n) is 12.3. The Hall–Kier alpha value is -2.61. The Morgan fingerprint density at radius 1 is 1.29 bits per heavy atom. The molecule has 0 amide bonds. The van der Waals surface area contributed by atoms with Gasteiger partial charge in [0.15, 0.2) is 0 Å². The molecule has 0 saturated carbocycles. The second-order valence-corrected chi connectivity index (χ2v) is 5.04. The van der Waals surface area contributed by atoms with E-state index in [1.165, 1.54) is 5.56 Å². The summed E-state index contributed by atoms with van der Waals surface area (Å²) >= 11 is 0. The number of aromatic nitrogens is 1. The van der Waals surface area contributed by atoms with Crippen LogP contribution in [-0.4, -0.2) is 4.98 Å². The molecular weight excluding hydrogens is 256 g/mol. The molecule has 106 valence electrons. The number of pyridine rings is 1. The summed E-state index contributed by atoms with van der Waals surface area (Å²) in [6.07, 6.45) is 6.37. The molecule has 0 aliphatic carbocycles. The van der Waals surface area contributed by atoms with Crippen LogP contribution in [-0.2, 0) is 0 Å². The topological polar surface area (TPSA) is 38.9 Å². The second-order valence-electron chi connectivity index (χ2n) is 5.04. The molecular formula is C19H20N2. The maximum atomic E-state index is 5.67. The Bertz CT molecular complexity index is 682. The summed E-state index contributed by atoms with van der Waals surface area (Å²) in [5.41, 5.74) is 11.8. The Kier molecular flexibility index (Phi) is 4.72. The van der Waals surface area contributed by atoms with Gasteiger partial charge in [-0.3, -0.25) is 4.98 Å². The third-order valence-electron chi connectivity index (χ3n) is 3.26. The molecule has 2 N–H and O–H groups in total. The highest BCUT2D eigenvalue weighted by Gasteiger charge is 2.02. The predicted molar refractivity (Wildman–Crippen MR) is 90.5 cm³/mol. The third kappa shape index (κ3) is 3.93. The van der Waals surface area contributed by atoms with Crippen molar-refractivity contribution in [1.29, 1.82) is 0 Å². The summed E-state index contributed by atoms with van der Waals surface area (Å²) < 4.78 is 0. The fourth-order valence-corrected chi connectivity index (χ4v) is 2.17. The average Bonchev–Trinajstić information content (AvgIpc) is 2.49. The van der Waals surface area contributed by atoms with E-state index in [9.17, 15) is 0 Å². The molecule has 0 radical (unpaired) electrons. The van der Waals surface area contributed by atoms with Crippen LogP contribution >= 0.6 is 0 Å². The van der Waals surface area contributed by atoms with E-state index in [0.29, 0.717) is 12.1 Å². The van der Waals surface area contributed by atoms with E-state index in [0.717, 1.165) is 22.4 Å². The molecule has 0 spiro atoms. The standard InChI is InChI=1S/C19H20N2/c1-4-16(12-15(3)20)13-17-8-9-18(11-14(17)2)19-7-5-6-10-21-19/h4-11,13H,1,3,12,20H2,2H3/b16-13-. The zero-order valence-corrected chi connectivity index (χ0v) is 12.3. The van der Waals surface area contributed by atoms with Crippen molar-refractivity contribution in [1.82, 2.24) is 4.98 Å². The maximum Gasteiger partial charge on any atom is 0.0702 e. The number of hydrogen-bond donors (Lipinski definition) is 1. The van der Waals surface area contributed by atoms with Crippen molar-refractivity contribution in [2.24, 2.45) is 5.73 Å². The van der Waals surface area contributed by atoms with Crippen LogP contribution < -0.4 is 5.73 Å². The third-order valence-corrected chi connectivity index (χ3v) is 3.26. The normalized spacial score (nSPS) is 11.2. The number of rotatable bonds is 5. The predicted octanol–water partition coefficient (Wildman–Crippen LogP) is 4.49. The first-order valence-electron chi connectivity index (χ1n) is 6.88. The number of nitrogens with two attached hydrogens (primary N) is 1. The Labute approximate surface area is 126 Å². The highest BCUT2D eigenvalue weighted by Crippen LogP contribution is 2.22. The van der Waals surface area contributed by atoms with Gasteiger partial charge in [0.25, 0.3) is 0 Å².